The molecule has 1 fully saturated rings. The molecule has 1 saturated heterocycles. The SMILES string of the molecule is O=C1CC(CBr)CN1c1ccc(Cc2ccccc2)cc1. The maximum Gasteiger partial charge on any atom is 0.227 e. The molecule has 1 aliphatic heterocycles. The molecule has 1 aliphatic rings. The molecule has 21 heavy (non-hydrogen) atoms. The molecule has 1 heterocycles. The maximum atomic E-state index is 12.0. The largest absolute Gasteiger partial charge is 0.312 e. The van der Waals surface area contributed by atoms with Crippen molar-refractivity contribution in [3.8, 4) is 0 Å². The van der Waals surface area contributed by atoms with Gasteiger partial charge in [-0.15, -0.1) is 0 Å². The lowest BCUT2D eigenvalue weighted by Gasteiger charge is -2.17. The first-order chi connectivity index (χ1) is 10.3. The Morgan fingerprint density at radius 1 is 1.00 bits per heavy atom. The molecule has 0 saturated carbocycles. The van der Waals surface area contributed by atoms with Crippen molar-refractivity contribution >= 4 is 27.5 Å². The smallest absolute Gasteiger partial charge is 0.227 e. The number of halogens is 1. The van der Waals surface area contributed by atoms with Gasteiger partial charge in [0.2, 0.25) is 5.91 Å². The van der Waals surface area contributed by atoms with Crippen molar-refractivity contribution in [2.45, 2.75) is 12.8 Å². The molecule has 0 radical (unpaired) electrons. The molecule has 2 aromatic rings. The van der Waals surface area contributed by atoms with Gasteiger partial charge in [0, 0.05) is 24.0 Å². The Morgan fingerprint density at radius 3 is 2.29 bits per heavy atom. The zero-order chi connectivity index (χ0) is 14.7. The number of hydrogen-bond donors (Lipinski definition) is 0. The number of amides is 1. The van der Waals surface area contributed by atoms with Crippen molar-refractivity contribution in [1.29, 1.82) is 0 Å². The maximum absolute atomic E-state index is 12.0. The van der Waals surface area contributed by atoms with Gasteiger partial charge in [-0.1, -0.05) is 58.4 Å². The van der Waals surface area contributed by atoms with Gasteiger partial charge >= 0.3 is 0 Å². The molecule has 2 nitrogen and oxygen atoms in total. The number of anilines is 1. The zero-order valence-electron chi connectivity index (χ0n) is 11.8. The highest BCUT2D eigenvalue weighted by Gasteiger charge is 2.29. The molecule has 1 amide bonds. The lowest BCUT2D eigenvalue weighted by atomic mass is 10.0. The number of nitrogens with zero attached hydrogens (tertiary/aromatic N) is 1. The quantitative estimate of drug-likeness (QED) is 0.767. The van der Waals surface area contributed by atoms with Crippen LogP contribution in [-0.2, 0) is 11.2 Å². The number of carbonyl (C=O) groups is 1. The minimum Gasteiger partial charge on any atom is -0.312 e. The second kappa shape index (κ2) is 6.44. The molecule has 1 atom stereocenters. The van der Waals surface area contributed by atoms with Gasteiger partial charge in [-0.3, -0.25) is 4.79 Å². The van der Waals surface area contributed by atoms with E-state index in [1.54, 1.807) is 0 Å². The number of carbonyl (C=O) groups excluding carboxylic acids is 1. The van der Waals surface area contributed by atoms with Crippen molar-refractivity contribution in [2.75, 3.05) is 16.8 Å². The fourth-order valence-electron chi connectivity index (χ4n) is 2.76. The van der Waals surface area contributed by atoms with Gasteiger partial charge in [0.25, 0.3) is 0 Å². The molecular formula is C18H18BrNO. The van der Waals surface area contributed by atoms with E-state index >= 15 is 0 Å². The summed E-state index contributed by atoms with van der Waals surface area (Å²) in [6.07, 6.45) is 1.58. The summed E-state index contributed by atoms with van der Waals surface area (Å²) in [5.74, 6) is 0.664. The fourth-order valence-corrected chi connectivity index (χ4v) is 3.19. The highest BCUT2D eigenvalue weighted by Crippen LogP contribution is 2.26. The average molecular weight is 344 g/mol. The minimum atomic E-state index is 0.232. The molecule has 0 spiro atoms. The summed E-state index contributed by atoms with van der Waals surface area (Å²) in [4.78, 5) is 13.9. The lowest BCUT2D eigenvalue weighted by molar-refractivity contribution is -0.117. The lowest BCUT2D eigenvalue weighted by Crippen LogP contribution is -2.24. The molecule has 3 heteroatoms. The van der Waals surface area contributed by atoms with Gasteiger partial charge in [-0.05, 0) is 35.6 Å². The van der Waals surface area contributed by atoms with E-state index in [0.717, 1.165) is 24.0 Å². The Bertz CT molecular complexity index is 609. The topological polar surface area (TPSA) is 20.3 Å². The monoisotopic (exact) mass is 343 g/mol. The molecule has 0 aromatic heterocycles. The van der Waals surface area contributed by atoms with E-state index in [4.69, 9.17) is 0 Å². The van der Waals surface area contributed by atoms with Crippen LogP contribution in [0, 0.1) is 5.92 Å². The number of rotatable bonds is 4. The first-order valence-electron chi connectivity index (χ1n) is 7.25. The van der Waals surface area contributed by atoms with E-state index in [-0.39, 0.29) is 5.91 Å². The van der Waals surface area contributed by atoms with Crippen LogP contribution in [0.2, 0.25) is 0 Å². The first kappa shape index (κ1) is 14.3. The van der Waals surface area contributed by atoms with Crippen molar-refractivity contribution < 1.29 is 4.79 Å². The molecule has 0 N–H and O–H groups in total. The minimum absolute atomic E-state index is 0.232. The predicted molar refractivity (Wildman–Crippen MR) is 89.9 cm³/mol. The predicted octanol–water partition coefficient (Wildman–Crippen LogP) is 4.03. The molecule has 108 valence electrons. The third-order valence-corrected chi connectivity index (χ3v) is 4.84. The number of hydrogen-bond acceptors (Lipinski definition) is 1. The summed E-state index contributed by atoms with van der Waals surface area (Å²) in [5, 5.41) is 0.890. The van der Waals surface area contributed by atoms with Gasteiger partial charge in [-0.25, -0.2) is 0 Å². The number of alkyl halides is 1. The van der Waals surface area contributed by atoms with E-state index in [2.05, 4.69) is 64.5 Å². The second-order valence-corrected chi connectivity index (χ2v) is 6.21. The molecule has 1 unspecified atom stereocenters. The van der Waals surface area contributed by atoms with E-state index < -0.39 is 0 Å². The van der Waals surface area contributed by atoms with Crippen LogP contribution in [0.1, 0.15) is 17.5 Å². The van der Waals surface area contributed by atoms with Crippen LogP contribution in [0.25, 0.3) is 0 Å². The van der Waals surface area contributed by atoms with Crippen molar-refractivity contribution in [3.63, 3.8) is 0 Å². The van der Waals surface area contributed by atoms with Crippen LogP contribution in [0.4, 0.5) is 5.69 Å². The summed E-state index contributed by atoms with van der Waals surface area (Å²) in [7, 11) is 0. The summed E-state index contributed by atoms with van der Waals surface area (Å²) >= 11 is 3.47. The van der Waals surface area contributed by atoms with E-state index in [0.29, 0.717) is 12.3 Å². The Hall–Kier alpha value is -1.61. The Labute approximate surface area is 133 Å². The van der Waals surface area contributed by atoms with Crippen molar-refractivity contribution in [2.24, 2.45) is 5.92 Å². The average Bonchev–Trinajstić information content (AvgIpc) is 2.90. The standard InChI is InChI=1S/C18H18BrNO/c19-12-16-11-18(21)20(13-16)17-8-6-15(7-9-17)10-14-4-2-1-3-5-14/h1-9,16H,10-13H2. The molecule has 2 aromatic carbocycles. The summed E-state index contributed by atoms with van der Waals surface area (Å²) in [6, 6.07) is 18.8. The van der Waals surface area contributed by atoms with Gasteiger partial charge in [0.15, 0.2) is 0 Å². The summed E-state index contributed by atoms with van der Waals surface area (Å²) in [6.45, 7) is 0.822. The Morgan fingerprint density at radius 2 is 1.67 bits per heavy atom. The summed E-state index contributed by atoms with van der Waals surface area (Å²) < 4.78 is 0. The van der Waals surface area contributed by atoms with Gasteiger partial charge in [-0.2, -0.15) is 0 Å². The van der Waals surface area contributed by atoms with Crippen molar-refractivity contribution in [1.82, 2.24) is 0 Å². The van der Waals surface area contributed by atoms with Crippen molar-refractivity contribution in [3.05, 3.63) is 65.7 Å². The molecule has 3 rings (SSSR count). The fraction of sp³-hybridized carbons (Fsp3) is 0.278. The van der Waals surface area contributed by atoms with Gasteiger partial charge < -0.3 is 4.90 Å². The van der Waals surface area contributed by atoms with Crippen LogP contribution < -0.4 is 4.90 Å². The summed E-state index contributed by atoms with van der Waals surface area (Å²) in [5.41, 5.74) is 3.59. The third kappa shape index (κ3) is 3.35. The van der Waals surface area contributed by atoms with Crippen LogP contribution in [0.15, 0.2) is 54.6 Å². The highest BCUT2D eigenvalue weighted by molar-refractivity contribution is 9.09. The van der Waals surface area contributed by atoms with Crippen LogP contribution in [0.3, 0.4) is 0 Å². The first-order valence-corrected chi connectivity index (χ1v) is 8.37. The van der Waals surface area contributed by atoms with E-state index in [9.17, 15) is 4.79 Å². The van der Waals surface area contributed by atoms with Crippen LogP contribution in [-0.4, -0.2) is 17.8 Å². The Kier molecular flexibility index (Phi) is 4.39. The van der Waals surface area contributed by atoms with Crippen LogP contribution >= 0.6 is 15.9 Å². The molecule has 0 aliphatic carbocycles. The highest BCUT2D eigenvalue weighted by atomic mass is 79.9. The molecular weight excluding hydrogens is 326 g/mol. The van der Waals surface area contributed by atoms with E-state index in [1.807, 2.05) is 11.0 Å². The van der Waals surface area contributed by atoms with Crippen LogP contribution in [0.5, 0.6) is 0 Å². The number of benzene rings is 2. The molecule has 0 bridgehead atoms. The zero-order valence-corrected chi connectivity index (χ0v) is 13.4. The van der Waals surface area contributed by atoms with E-state index in [1.165, 1.54) is 11.1 Å². The Balaban J connectivity index is 1.71. The third-order valence-electron chi connectivity index (χ3n) is 3.92. The van der Waals surface area contributed by atoms with Gasteiger partial charge in [0.1, 0.15) is 0 Å². The van der Waals surface area contributed by atoms with Gasteiger partial charge in [0.05, 0.1) is 0 Å². The normalized spacial score (nSPS) is 18.2. The second-order valence-electron chi connectivity index (χ2n) is 5.56.